The molecule has 16 heavy (non-hydrogen) atoms. The summed E-state index contributed by atoms with van der Waals surface area (Å²) in [7, 11) is 0. The lowest BCUT2D eigenvalue weighted by molar-refractivity contribution is 0.566. The monoisotopic (exact) mass is 211 g/mol. The van der Waals surface area contributed by atoms with E-state index in [1.807, 2.05) is 36.4 Å². The van der Waals surface area contributed by atoms with Crippen LogP contribution in [0.2, 0.25) is 0 Å². The van der Waals surface area contributed by atoms with E-state index in [0.29, 0.717) is 0 Å². The van der Waals surface area contributed by atoms with Gasteiger partial charge in [-0.1, -0.05) is 62.4 Å². The van der Waals surface area contributed by atoms with Crippen molar-refractivity contribution >= 4 is 0 Å². The fourth-order valence-corrected chi connectivity index (χ4v) is 1.47. The van der Waals surface area contributed by atoms with Crippen LogP contribution in [0.3, 0.4) is 0 Å². The van der Waals surface area contributed by atoms with Crippen LogP contribution in [0.25, 0.3) is 11.3 Å². The van der Waals surface area contributed by atoms with E-state index in [9.17, 15) is 0 Å². The predicted octanol–water partition coefficient (Wildman–Crippen LogP) is 3.24. The summed E-state index contributed by atoms with van der Waals surface area (Å²) >= 11 is 0. The molecule has 0 saturated heterocycles. The van der Waals surface area contributed by atoms with E-state index in [2.05, 4.69) is 37.1 Å². The van der Waals surface area contributed by atoms with E-state index >= 15 is 0 Å². The second kappa shape index (κ2) is 4.05. The van der Waals surface area contributed by atoms with Gasteiger partial charge in [-0.05, 0) is 11.1 Å². The third-order valence-corrected chi connectivity index (χ3v) is 2.45. The van der Waals surface area contributed by atoms with Gasteiger partial charge in [0.15, 0.2) is 0 Å². The molecule has 0 aliphatic heterocycles. The lowest BCUT2D eigenvalue weighted by Crippen LogP contribution is -2.13. The van der Waals surface area contributed by atoms with E-state index in [-0.39, 0.29) is 5.41 Å². The quantitative estimate of drug-likeness (QED) is 0.677. The van der Waals surface area contributed by atoms with Crippen molar-refractivity contribution in [3.8, 4) is 11.3 Å². The number of nitrogens with zero attached hydrogens (tertiary/aromatic N) is 2. The van der Waals surface area contributed by atoms with Crippen molar-refractivity contribution < 1.29 is 0 Å². The highest BCUT2D eigenvalue weighted by molar-refractivity contribution is 5.58. The Kier molecular flexibility index (Phi) is 2.73. The molecule has 1 aromatic heterocycles. The molecule has 0 atom stereocenters. The van der Waals surface area contributed by atoms with Gasteiger partial charge in [0.25, 0.3) is 0 Å². The van der Waals surface area contributed by atoms with Crippen molar-refractivity contribution in [3.63, 3.8) is 0 Å². The Labute approximate surface area is 96.4 Å². The molecule has 2 heteroatoms. The van der Waals surface area contributed by atoms with Gasteiger partial charge in [-0.2, -0.15) is 0 Å². The van der Waals surface area contributed by atoms with Crippen LogP contribution in [0.5, 0.6) is 0 Å². The lowest BCUT2D eigenvalue weighted by Gasteiger charge is -2.24. The van der Waals surface area contributed by atoms with E-state index in [1.54, 1.807) is 0 Å². The Balaban J connectivity index is 2.45. The molecule has 0 saturated carbocycles. The smallest absolute Gasteiger partial charge is 0.0222 e. The Bertz CT molecular complexity index is 470. The normalized spacial score (nSPS) is 11.4. The van der Waals surface area contributed by atoms with Crippen LogP contribution in [0, 0.1) is 6.33 Å². The first-order valence-electron chi connectivity index (χ1n) is 5.38. The summed E-state index contributed by atoms with van der Waals surface area (Å²) < 4.78 is 0. The molecule has 2 aromatic rings. The van der Waals surface area contributed by atoms with Gasteiger partial charge in [0.2, 0.25) is 0 Å². The van der Waals surface area contributed by atoms with Crippen molar-refractivity contribution in [1.82, 2.24) is 9.97 Å². The van der Waals surface area contributed by atoms with Gasteiger partial charge in [0.1, 0.15) is 0 Å². The molecule has 0 N–H and O–H groups in total. The standard InChI is InChI=1S/C14H15N2/c1-14(2,3)13-9-12(15-10-16-13)11-7-5-4-6-8-11/h4-9H,1-3H3/q-1. The third kappa shape index (κ3) is 2.27. The van der Waals surface area contributed by atoms with Crippen molar-refractivity contribution in [2.45, 2.75) is 26.2 Å². The van der Waals surface area contributed by atoms with Gasteiger partial charge in [-0.3, -0.25) is 0 Å². The molecule has 0 aliphatic carbocycles. The van der Waals surface area contributed by atoms with Gasteiger partial charge in [-0.25, -0.2) is 0 Å². The van der Waals surface area contributed by atoms with Gasteiger partial charge < -0.3 is 9.97 Å². The maximum atomic E-state index is 4.20. The first kappa shape index (κ1) is 10.8. The Hall–Kier alpha value is -1.70. The molecule has 2 nitrogen and oxygen atoms in total. The van der Waals surface area contributed by atoms with Crippen LogP contribution in [0.4, 0.5) is 0 Å². The summed E-state index contributed by atoms with van der Waals surface area (Å²) in [6.45, 7) is 6.41. The topological polar surface area (TPSA) is 25.8 Å². The van der Waals surface area contributed by atoms with Crippen LogP contribution < -0.4 is 0 Å². The summed E-state index contributed by atoms with van der Waals surface area (Å²) in [6.07, 6.45) is 2.73. The molecule has 0 unspecified atom stereocenters. The van der Waals surface area contributed by atoms with E-state index < -0.39 is 0 Å². The molecular weight excluding hydrogens is 196 g/mol. The van der Waals surface area contributed by atoms with Crippen molar-refractivity contribution in [1.29, 1.82) is 0 Å². The number of rotatable bonds is 1. The molecule has 1 heterocycles. The zero-order valence-corrected chi connectivity index (χ0v) is 9.86. The van der Waals surface area contributed by atoms with Crippen LogP contribution in [0.15, 0.2) is 36.4 Å². The van der Waals surface area contributed by atoms with Gasteiger partial charge in [0, 0.05) is 6.33 Å². The molecule has 0 radical (unpaired) electrons. The number of aromatic nitrogens is 2. The van der Waals surface area contributed by atoms with Gasteiger partial charge in [-0.15, -0.1) is 6.07 Å². The summed E-state index contributed by atoms with van der Waals surface area (Å²) in [5, 5.41) is 0. The maximum Gasteiger partial charge on any atom is 0.0222 e. The average Bonchev–Trinajstić information content (AvgIpc) is 2.29. The molecule has 0 amide bonds. The second-order valence-corrected chi connectivity index (χ2v) is 4.85. The summed E-state index contributed by atoms with van der Waals surface area (Å²) in [6, 6.07) is 12.1. The first-order valence-corrected chi connectivity index (χ1v) is 5.38. The highest BCUT2D eigenvalue weighted by Gasteiger charge is 2.09. The van der Waals surface area contributed by atoms with Gasteiger partial charge >= 0.3 is 0 Å². The van der Waals surface area contributed by atoms with E-state index in [0.717, 1.165) is 17.0 Å². The summed E-state index contributed by atoms with van der Waals surface area (Å²) in [5.41, 5.74) is 3.08. The van der Waals surface area contributed by atoms with E-state index in [4.69, 9.17) is 0 Å². The Morgan fingerprint density at radius 2 is 1.69 bits per heavy atom. The molecule has 1 aromatic carbocycles. The Morgan fingerprint density at radius 1 is 1.00 bits per heavy atom. The fourth-order valence-electron chi connectivity index (χ4n) is 1.47. The van der Waals surface area contributed by atoms with Crippen LogP contribution >= 0.6 is 0 Å². The molecule has 0 bridgehead atoms. The minimum Gasteiger partial charge on any atom is -0.370 e. The SMILES string of the molecule is CC(C)(C)c1cc(-c2ccccc2)n[c-]n1. The molecule has 2 rings (SSSR count). The third-order valence-electron chi connectivity index (χ3n) is 2.45. The van der Waals surface area contributed by atoms with Crippen molar-refractivity contribution in [2.75, 3.05) is 0 Å². The summed E-state index contributed by atoms with van der Waals surface area (Å²) in [4.78, 5) is 8.39. The minimum absolute atomic E-state index is 0.0307. The largest absolute Gasteiger partial charge is 0.370 e. The number of hydrogen-bond donors (Lipinski definition) is 0. The second-order valence-electron chi connectivity index (χ2n) is 4.85. The zero-order valence-electron chi connectivity index (χ0n) is 9.86. The predicted molar refractivity (Wildman–Crippen MR) is 65.0 cm³/mol. The molecular formula is C14H15N2-. The van der Waals surface area contributed by atoms with Crippen LogP contribution in [0.1, 0.15) is 26.5 Å². The van der Waals surface area contributed by atoms with Crippen LogP contribution in [-0.4, -0.2) is 9.97 Å². The zero-order chi connectivity index (χ0) is 11.6. The van der Waals surface area contributed by atoms with Crippen LogP contribution in [-0.2, 0) is 5.41 Å². The van der Waals surface area contributed by atoms with Gasteiger partial charge in [0.05, 0.1) is 0 Å². The fraction of sp³-hybridized carbons (Fsp3) is 0.286. The molecule has 0 aliphatic rings. The highest BCUT2D eigenvalue weighted by atomic mass is 14.8. The Morgan fingerprint density at radius 3 is 2.31 bits per heavy atom. The maximum absolute atomic E-state index is 4.20. The minimum atomic E-state index is 0.0307. The first-order chi connectivity index (χ1) is 7.57. The molecule has 0 fully saturated rings. The van der Waals surface area contributed by atoms with Crippen molar-refractivity contribution in [2.24, 2.45) is 0 Å². The molecule has 0 spiro atoms. The summed E-state index contributed by atoms with van der Waals surface area (Å²) in [5.74, 6) is 0. The highest BCUT2D eigenvalue weighted by Crippen LogP contribution is 2.23. The number of benzene rings is 1. The molecule has 82 valence electrons. The van der Waals surface area contributed by atoms with E-state index in [1.165, 1.54) is 0 Å². The lowest BCUT2D eigenvalue weighted by atomic mass is 9.91. The average molecular weight is 211 g/mol. The number of hydrogen-bond acceptors (Lipinski definition) is 2. The van der Waals surface area contributed by atoms with Crippen molar-refractivity contribution in [3.05, 3.63) is 48.4 Å².